The van der Waals surface area contributed by atoms with Gasteiger partial charge in [-0.2, -0.15) is 5.10 Å². The Hall–Kier alpha value is -2.80. The monoisotopic (exact) mass is 343 g/mol. The number of methoxy groups -OCH3 is 1. The van der Waals surface area contributed by atoms with Crippen LogP contribution in [0.5, 0.6) is 5.75 Å². The molecule has 24 heavy (non-hydrogen) atoms. The van der Waals surface area contributed by atoms with Crippen molar-refractivity contribution in [2.24, 2.45) is 0 Å². The lowest BCUT2D eigenvalue weighted by molar-refractivity contribution is 0.415. The summed E-state index contributed by atoms with van der Waals surface area (Å²) in [5, 5.41) is 4.50. The van der Waals surface area contributed by atoms with Crippen molar-refractivity contribution < 1.29 is 13.2 Å². The van der Waals surface area contributed by atoms with Gasteiger partial charge in [0.1, 0.15) is 11.6 Å². The van der Waals surface area contributed by atoms with E-state index in [1.807, 2.05) is 24.3 Å². The molecule has 3 aromatic rings. The highest BCUT2D eigenvalue weighted by atomic mass is 32.2. The van der Waals surface area contributed by atoms with Crippen LogP contribution < -0.4 is 10.5 Å². The number of rotatable bonds is 4. The summed E-state index contributed by atoms with van der Waals surface area (Å²) in [6.45, 7) is 0. The van der Waals surface area contributed by atoms with E-state index in [0.717, 1.165) is 17.0 Å². The fourth-order valence-corrected chi connectivity index (χ4v) is 2.97. The predicted molar refractivity (Wildman–Crippen MR) is 93.1 cm³/mol. The lowest BCUT2D eigenvalue weighted by atomic mass is 10.1. The minimum absolute atomic E-state index is 0.257. The van der Waals surface area contributed by atoms with Gasteiger partial charge in [-0.15, -0.1) is 0 Å². The Morgan fingerprint density at radius 1 is 1.04 bits per heavy atom. The molecule has 1 heterocycles. The first kappa shape index (κ1) is 16.1. The maximum Gasteiger partial charge on any atom is 0.175 e. The Morgan fingerprint density at radius 2 is 1.67 bits per heavy atom. The molecule has 7 heteroatoms. The molecule has 0 aliphatic rings. The van der Waals surface area contributed by atoms with Gasteiger partial charge in [-0.1, -0.05) is 0 Å². The van der Waals surface area contributed by atoms with Gasteiger partial charge in [0.15, 0.2) is 9.84 Å². The zero-order chi connectivity index (χ0) is 17.3. The number of nitrogens with zero attached hydrogens (tertiary/aromatic N) is 2. The third-order valence-electron chi connectivity index (χ3n) is 3.63. The summed E-state index contributed by atoms with van der Waals surface area (Å²) < 4.78 is 29.8. The molecule has 2 N–H and O–H groups in total. The van der Waals surface area contributed by atoms with Gasteiger partial charge in [-0.25, -0.2) is 13.1 Å². The molecule has 0 aliphatic heterocycles. The van der Waals surface area contributed by atoms with Gasteiger partial charge in [-0.3, -0.25) is 0 Å². The second-order valence-electron chi connectivity index (χ2n) is 5.36. The van der Waals surface area contributed by atoms with Crippen molar-refractivity contribution in [1.82, 2.24) is 9.78 Å². The third-order valence-corrected chi connectivity index (χ3v) is 4.76. The summed E-state index contributed by atoms with van der Waals surface area (Å²) in [4.78, 5) is 0.257. The highest BCUT2D eigenvalue weighted by molar-refractivity contribution is 7.90. The molecule has 3 rings (SSSR count). The summed E-state index contributed by atoms with van der Waals surface area (Å²) in [7, 11) is -1.62. The van der Waals surface area contributed by atoms with Crippen molar-refractivity contribution in [1.29, 1.82) is 0 Å². The van der Waals surface area contributed by atoms with Crippen LogP contribution in [0.3, 0.4) is 0 Å². The Labute approximate surface area is 140 Å². The van der Waals surface area contributed by atoms with E-state index in [1.165, 1.54) is 6.26 Å². The van der Waals surface area contributed by atoms with Crippen LogP contribution >= 0.6 is 0 Å². The normalized spacial score (nSPS) is 11.4. The smallest absolute Gasteiger partial charge is 0.175 e. The van der Waals surface area contributed by atoms with Gasteiger partial charge < -0.3 is 10.5 Å². The number of aromatic nitrogens is 2. The highest BCUT2D eigenvalue weighted by Gasteiger charge is 2.11. The molecule has 0 saturated heterocycles. The molecule has 0 radical (unpaired) electrons. The van der Waals surface area contributed by atoms with Crippen molar-refractivity contribution in [2.45, 2.75) is 4.90 Å². The Kier molecular flexibility index (Phi) is 4.02. The van der Waals surface area contributed by atoms with Crippen LogP contribution in [-0.2, 0) is 9.84 Å². The average Bonchev–Trinajstić information content (AvgIpc) is 2.96. The molecular formula is C17H17N3O3S. The highest BCUT2D eigenvalue weighted by Crippen LogP contribution is 2.25. The van der Waals surface area contributed by atoms with Crippen LogP contribution in [0.4, 0.5) is 5.82 Å². The van der Waals surface area contributed by atoms with Crippen molar-refractivity contribution in [2.75, 3.05) is 19.1 Å². The van der Waals surface area contributed by atoms with Crippen molar-refractivity contribution in [3.05, 3.63) is 54.6 Å². The van der Waals surface area contributed by atoms with Crippen molar-refractivity contribution >= 4 is 15.7 Å². The lowest BCUT2D eigenvalue weighted by Gasteiger charge is -2.05. The zero-order valence-corrected chi connectivity index (χ0v) is 14.1. The molecular weight excluding hydrogens is 326 g/mol. The van der Waals surface area contributed by atoms with E-state index < -0.39 is 9.84 Å². The maximum absolute atomic E-state index is 11.5. The van der Waals surface area contributed by atoms with E-state index in [1.54, 1.807) is 42.1 Å². The molecule has 1 aromatic heterocycles. The molecule has 0 amide bonds. The molecule has 0 atom stereocenters. The number of nitrogen functional groups attached to an aromatic ring is 1. The van der Waals surface area contributed by atoms with Crippen LogP contribution in [0.25, 0.3) is 16.9 Å². The second-order valence-corrected chi connectivity index (χ2v) is 7.38. The largest absolute Gasteiger partial charge is 0.497 e. The number of anilines is 1. The molecule has 0 fully saturated rings. The Balaban J connectivity index is 1.96. The van der Waals surface area contributed by atoms with E-state index >= 15 is 0 Å². The van der Waals surface area contributed by atoms with Crippen LogP contribution in [0.2, 0.25) is 0 Å². The number of ether oxygens (including phenoxy) is 1. The summed E-state index contributed by atoms with van der Waals surface area (Å²) in [6, 6.07) is 15.7. The number of nitrogens with two attached hydrogens (primary N) is 1. The molecule has 0 unspecified atom stereocenters. The number of hydrogen-bond donors (Lipinski definition) is 1. The number of hydrogen-bond acceptors (Lipinski definition) is 5. The topological polar surface area (TPSA) is 87.2 Å². The fraction of sp³-hybridized carbons (Fsp3) is 0.118. The van der Waals surface area contributed by atoms with E-state index in [4.69, 9.17) is 10.5 Å². The van der Waals surface area contributed by atoms with Crippen LogP contribution in [-0.4, -0.2) is 31.6 Å². The van der Waals surface area contributed by atoms with Crippen molar-refractivity contribution in [3.63, 3.8) is 0 Å². The van der Waals surface area contributed by atoms with Gasteiger partial charge in [0.2, 0.25) is 0 Å². The SMILES string of the molecule is COc1ccc(-c2cc(N)n(-c3ccc(S(C)(=O)=O)cc3)n2)cc1. The molecule has 124 valence electrons. The van der Waals surface area contributed by atoms with Gasteiger partial charge >= 0.3 is 0 Å². The van der Waals surface area contributed by atoms with Crippen LogP contribution in [0.1, 0.15) is 0 Å². The number of sulfone groups is 1. The Morgan fingerprint density at radius 3 is 2.21 bits per heavy atom. The van der Waals surface area contributed by atoms with Gasteiger partial charge in [0.25, 0.3) is 0 Å². The van der Waals surface area contributed by atoms with Gasteiger partial charge in [0.05, 0.1) is 23.4 Å². The number of benzene rings is 2. The molecule has 0 bridgehead atoms. The van der Waals surface area contributed by atoms with Gasteiger partial charge in [-0.05, 0) is 48.5 Å². The minimum Gasteiger partial charge on any atom is -0.497 e. The van der Waals surface area contributed by atoms with Crippen LogP contribution in [0, 0.1) is 0 Å². The first-order chi connectivity index (χ1) is 11.4. The first-order valence-corrected chi connectivity index (χ1v) is 9.08. The fourth-order valence-electron chi connectivity index (χ4n) is 2.34. The van der Waals surface area contributed by atoms with Crippen LogP contribution in [0.15, 0.2) is 59.5 Å². The molecule has 6 nitrogen and oxygen atoms in total. The lowest BCUT2D eigenvalue weighted by Crippen LogP contribution is -2.03. The first-order valence-electron chi connectivity index (χ1n) is 7.19. The quantitative estimate of drug-likeness (QED) is 0.786. The Bertz CT molecular complexity index is 959. The van der Waals surface area contributed by atoms with E-state index in [9.17, 15) is 8.42 Å². The van der Waals surface area contributed by atoms with Crippen molar-refractivity contribution in [3.8, 4) is 22.7 Å². The molecule has 0 saturated carbocycles. The third kappa shape index (κ3) is 3.11. The van der Waals surface area contributed by atoms with E-state index in [-0.39, 0.29) is 4.90 Å². The van der Waals surface area contributed by atoms with E-state index in [2.05, 4.69) is 5.10 Å². The zero-order valence-electron chi connectivity index (χ0n) is 13.3. The summed E-state index contributed by atoms with van der Waals surface area (Å²) in [6.07, 6.45) is 1.17. The standard InChI is InChI=1S/C17H17N3O3S/c1-23-14-7-3-12(4-8-14)16-11-17(18)20(19-16)13-5-9-15(10-6-13)24(2,21)22/h3-11H,18H2,1-2H3. The van der Waals surface area contributed by atoms with Gasteiger partial charge in [0, 0.05) is 17.9 Å². The van der Waals surface area contributed by atoms with E-state index in [0.29, 0.717) is 11.5 Å². The second kappa shape index (κ2) is 6.01. The maximum atomic E-state index is 11.5. The predicted octanol–water partition coefficient (Wildman–Crippen LogP) is 2.53. The average molecular weight is 343 g/mol. The minimum atomic E-state index is -3.23. The summed E-state index contributed by atoms with van der Waals surface area (Å²) in [5.41, 5.74) is 8.38. The molecule has 0 aliphatic carbocycles. The molecule has 0 spiro atoms. The molecule has 2 aromatic carbocycles. The summed E-state index contributed by atoms with van der Waals surface area (Å²) >= 11 is 0. The summed E-state index contributed by atoms with van der Waals surface area (Å²) in [5.74, 6) is 1.23.